The highest BCUT2D eigenvalue weighted by Crippen LogP contribution is 2.06. The molecule has 0 amide bonds. The highest BCUT2D eigenvalue weighted by atomic mass is 15.7. The molecule has 70 valence electrons. The Bertz CT molecular complexity index is 346. The summed E-state index contributed by atoms with van der Waals surface area (Å²) < 4.78 is 1.81. The van der Waals surface area contributed by atoms with Crippen molar-refractivity contribution in [3.8, 4) is 0 Å². The fourth-order valence-corrected chi connectivity index (χ4v) is 1.25. The Labute approximate surface area is 83.0 Å². The fraction of sp³-hybridized carbons (Fsp3) is 0. The van der Waals surface area contributed by atoms with Gasteiger partial charge in [-0.15, -0.1) is 0 Å². The molecule has 0 atom stereocenters. The third kappa shape index (κ3) is 1.72. The predicted octanol–water partition coefficient (Wildman–Crippen LogP) is 1.12. The lowest BCUT2D eigenvalue weighted by Gasteiger charge is -2.10. The minimum atomic E-state index is 0.948. The Hall–Kier alpha value is -1.87. The van der Waals surface area contributed by atoms with E-state index in [9.17, 15) is 0 Å². The Kier molecular flexibility index (Phi) is 2.42. The zero-order valence-electron chi connectivity index (χ0n) is 7.75. The van der Waals surface area contributed by atoms with Crippen LogP contribution in [0.25, 0.3) is 0 Å². The van der Waals surface area contributed by atoms with Gasteiger partial charge >= 0.3 is 0 Å². The van der Waals surface area contributed by atoms with Gasteiger partial charge < -0.3 is 0 Å². The molecule has 3 nitrogen and oxygen atoms in total. The number of rotatable bonds is 2. The van der Waals surface area contributed by atoms with Crippen LogP contribution in [0.3, 0.4) is 0 Å². The zero-order chi connectivity index (χ0) is 9.80. The summed E-state index contributed by atoms with van der Waals surface area (Å²) in [7, 11) is 0. The molecule has 14 heavy (non-hydrogen) atoms. The first-order chi connectivity index (χ1) is 6.88. The summed E-state index contributed by atoms with van der Waals surface area (Å²) >= 11 is 0. The lowest BCUT2D eigenvalue weighted by molar-refractivity contribution is -0.685. The summed E-state index contributed by atoms with van der Waals surface area (Å²) in [6, 6.07) is 15.6. The predicted molar refractivity (Wildman–Crippen MR) is 55.1 cm³/mol. The van der Waals surface area contributed by atoms with Crippen molar-refractivity contribution < 1.29 is 4.68 Å². The van der Waals surface area contributed by atoms with Crippen LogP contribution in [0.2, 0.25) is 0 Å². The van der Waals surface area contributed by atoms with Gasteiger partial charge in [0.1, 0.15) is 5.69 Å². The molecule has 2 rings (SSSR count). The molecule has 0 radical (unpaired) electrons. The third-order valence-corrected chi connectivity index (χ3v) is 1.97. The highest BCUT2D eigenvalue weighted by molar-refractivity contribution is 5.41. The van der Waals surface area contributed by atoms with Crippen LogP contribution in [-0.4, -0.2) is 0 Å². The van der Waals surface area contributed by atoms with Crippen molar-refractivity contribution in [2.75, 3.05) is 5.12 Å². The second-order valence-electron chi connectivity index (χ2n) is 2.94. The monoisotopic (exact) mass is 186 g/mol. The van der Waals surface area contributed by atoms with E-state index in [1.807, 2.05) is 65.6 Å². The Balaban J connectivity index is 2.30. The maximum atomic E-state index is 5.91. The van der Waals surface area contributed by atoms with E-state index in [4.69, 9.17) is 5.84 Å². The standard InChI is InChI=1S/C11H12N3/c12-14(11-7-3-1-4-8-11)13-9-5-2-6-10-13/h1-10H,12H2/q+1. The van der Waals surface area contributed by atoms with Crippen LogP contribution in [0.1, 0.15) is 0 Å². The van der Waals surface area contributed by atoms with Gasteiger partial charge in [-0.2, -0.15) is 5.84 Å². The van der Waals surface area contributed by atoms with Gasteiger partial charge in [-0.3, -0.25) is 0 Å². The second-order valence-corrected chi connectivity index (χ2v) is 2.94. The van der Waals surface area contributed by atoms with E-state index in [1.54, 1.807) is 5.12 Å². The molecule has 0 aliphatic carbocycles. The average molecular weight is 186 g/mol. The van der Waals surface area contributed by atoms with E-state index in [-0.39, 0.29) is 0 Å². The normalized spacial score (nSPS) is 9.79. The van der Waals surface area contributed by atoms with Crippen LogP contribution in [-0.2, 0) is 0 Å². The zero-order valence-corrected chi connectivity index (χ0v) is 7.75. The molecule has 1 heterocycles. The smallest absolute Gasteiger partial charge is 0.192 e. The van der Waals surface area contributed by atoms with Crippen molar-refractivity contribution in [1.82, 2.24) is 0 Å². The molecule has 2 aromatic rings. The first-order valence-electron chi connectivity index (χ1n) is 4.44. The number of hydrogen-bond acceptors (Lipinski definition) is 2. The maximum Gasteiger partial charge on any atom is 0.201 e. The van der Waals surface area contributed by atoms with Crippen molar-refractivity contribution in [1.29, 1.82) is 0 Å². The number of nitrogens with zero attached hydrogens (tertiary/aromatic N) is 2. The molecule has 0 fully saturated rings. The van der Waals surface area contributed by atoms with E-state index in [0.29, 0.717) is 0 Å². The molecule has 0 aliphatic heterocycles. The second kappa shape index (κ2) is 3.89. The number of anilines is 1. The van der Waals surface area contributed by atoms with Gasteiger partial charge in [-0.05, 0) is 12.1 Å². The Morgan fingerprint density at radius 1 is 0.857 bits per heavy atom. The van der Waals surface area contributed by atoms with Crippen LogP contribution in [0.15, 0.2) is 60.9 Å². The molecule has 0 spiro atoms. The van der Waals surface area contributed by atoms with E-state index in [1.165, 1.54) is 0 Å². The van der Waals surface area contributed by atoms with E-state index in [2.05, 4.69) is 0 Å². The van der Waals surface area contributed by atoms with Crippen LogP contribution in [0.5, 0.6) is 0 Å². The molecule has 0 saturated heterocycles. The quantitative estimate of drug-likeness (QED) is 0.433. The first-order valence-corrected chi connectivity index (χ1v) is 4.44. The molecule has 0 aliphatic rings. The van der Waals surface area contributed by atoms with Gasteiger partial charge in [0.05, 0.1) is 0 Å². The van der Waals surface area contributed by atoms with Crippen molar-refractivity contribution in [2.24, 2.45) is 5.84 Å². The summed E-state index contributed by atoms with van der Waals surface area (Å²) in [6.07, 6.45) is 3.79. The minimum Gasteiger partial charge on any atom is -0.192 e. The largest absolute Gasteiger partial charge is 0.201 e. The van der Waals surface area contributed by atoms with Crippen LogP contribution in [0, 0.1) is 0 Å². The summed E-state index contributed by atoms with van der Waals surface area (Å²) in [4.78, 5) is 0. The molecule has 2 N–H and O–H groups in total. The lowest BCUT2D eigenvalue weighted by Crippen LogP contribution is -2.58. The molecule has 1 aromatic heterocycles. The molecule has 0 unspecified atom stereocenters. The molecule has 1 aromatic carbocycles. The minimum absolute atomic E-state index is 0.948. The van der Waals surface area contributed by atoms with Crippen molar-refractivity contribution >= 4 is 5.69 Å². The summed E-state index contributed by atoms with van der Waals surface area (Å²) in [5, 5.41) is 1.58. The van der Waals surface area contributed by atoms with Gasteiger partial charge in [0.25, 0.3) is 0 Å². The number of benzene rings is 1. The highest BCUT2D eigenvalue weighted by Gasteiger charge is 2.08. The summed E-state index contributed by atoms with van der Waals surface area (Å²) in [5.41, 5.74) is 0.948. The van der Waals surface area contributed by atoms with Crippen LogP contribution >= 0.6 is 0 Å². The molecular weight excluding hydrogens is 174 g/mol. The molecule has 0 bridgehead atoms. The van der Waals surface area contributed by atoms with Crippen LogP contribution in [0.4, 0.5) is 5.69 Å². The SMILES string of the molecule is NN(c1ccccc1)[n+]1ccccc1. The Morgan fingerprint density at radius 2 is 1.43 bits per heavy atom. The van der Waals surface area contributed by atoms with Crippen LogP contribution < -0.4 is 15.6 Å². The van der Waals surface area contributed by atoms with Gasteiger partial charge in [-0.1, -0.05) is 34.1 Å². The van der Waals surface area contributed by atoms with Crippen molar-refractivity contribution in [3.05, 3.63) is 60.9 Å². The topological polar surface area (TPSA) is 33.1 Å². The number of para-hydroxylation sites is 1. The molecular formula is C11H12N3+. The Morgan fingerprint density at radius 3 is 2.07 bits per heavy atom. The first kappa shape index (κ1) is 8.72. The number of hydrazine groups is 1. The van der Waals surface area contributed by atoms with Gasteiger partial charge in [0.15, 0.2) is 0 Å². The van der Waals surface area contributed by atoms with Gasteiger partial charge in [0, 0.05) is 12.1 Å². The maximum absolute atomic E-state index is 5.91. The van der Waals surface area contributed by atoms with Gasteiger partial charge in [-0.25, -0.2) is 0 Å². The fourth-order valence-electron chi connectivity index (χ4n) is 1.25. The van der Waals surface area contributed by atoms with E-state index >= 15 is 0 Å². The average Bonchev–Trinajstić information content (AvgIpc) is 2.30. The van der Waals surface area contributed by atoms with E-state index < -0.39 is 0 Å². The molecule has 3 heteroatoms. The lowest BCUT2D eigenvalue weighted by atomic mass is 10.3. The van der Waals surface area contributed by atoms with Crippen molar-refractivity contribution in [3.63, 3.8) is 0 Å². The summed E-state index contributed by atoms with van der Waals surface area (Å²) in [5.74, 6) is 5.91. The van der Waals surface area contributed by atoms with Gasteiger partial charge in [0.2, 0.25) is 12.4 Å². The third-order valence-electron chi connectivity index (χ3n) is 1.97. The van der Waals surface area contributed by atoms with E-state index in [0.717, 1.165) is 5.69 Å². The number of aromatic nitrogens is 1. The summed E-state index contributed by atoms with van der Waals surface area (Å²) in [6.45, 7) is 0. The number of nitrogens with two attached hydrogens (primary N) is 1. The number of pyridine rings is 1. The number of hydrogen-bond donors (Lipinski definition) is 1. The van der Waals surface area contributed by atoms with Crippen molar-refractivity contribution in [2.45, 2.75) is 0 Å². The molecule has 0 saturated carbocycles.